The molecule has 0 aromatic heterocycles. The van der Waals surface area contributed by atoms with Crippen LogP contribution >= 0.6 is 0 Å². The average Bonchev–Trinajstić information content (AvgIpc) is 3.04. The van der Waals surface area contributed by atoms with Crippen LogP contribution in [-0.2, 0) is 16.6 Å². The number of benzene rings is 5. The molecule has 5 aromatic carbocycles. The van der Waals surface area contributed by atoms with Gasteiger partial charge in [0.1, 0.15) is 17.7 Å². The number of nitrogens with one attached hydrogen (secondary N) is 1. The lowest BCUT2D eigenvalue weighted by Gasteiger charge is -2.46. The molecule has 0 saturated heterocycles. The third kappa shape index (κ3) is 5.74. The highest BCUT2D eigenvalue weighted by atomic mass is 32.2. The zero-order chi connectivity index (χ0) is 30.8. The number of fused-ring (bicyclic) bond motifs is 1. The number of ether oxygens (including phenoxy) is 1. The molecule has 1 amide bonds. The van der Waals surface area contributed by atoms with Crippen molar-refractivity contribution in [1.82, 2.24) is 0 Å². The molecule has 5 aromatic rings. The smallest absolute Gasteiger partial charge is 0.262 e. The molecular formula is C35H30FN3O4S. The molecule has 1 heterocycles. The molecule has 6 rings (SSSR count). The van der Waals surface area contributed by atoms with E-state index in [1.54, 1.807) is 47.4 Å². The number of methoxy groups -OCH3 is 1. The van der Waals surface area contributed by atoms with Crippen LogP contribution in [0.15, 0.2) is 126 Å². The standard InChI is InChI=1S/C35H30FN3O4S/c1-24-8-16-29(17-9-24)39-34(26-10-12-27(36)13-11-26)38(23-25-6-4-3-5-7-25)33-21-20-31(22-32(33)35(39)40)44(41,42)37-28-14-18-30(43-2)19-15-28/h3-22,34,37H,23H2,1-2H3/t34-/m1/s1. The van der Waals surface area contributed by atoms with E-state index in [2.05, 4.69) is 4.72 Å². The lowest BCUT2D eigenvalue weighted by molar-refractivity contribution is 0.0968. The maximum absolute atomic E-state index is 14.5. The normalized spacial score (nSPS) is 14.7. The molecule has 0 fully saturated rings. The number of carbonyl (C=O) groups is 1. The van der Waals surface area contributed by atoms with Gasteiger partial charge in [0.05, 0.1) is 23.3 Å². The molecule has 1 atom stereocenters. The van der Waals surface area contributed by atoms with E-state index in [9.17, 15) is 17.6 Å². The first-order chi connectivity index (χ1) is 21.2. The minimum absolute atomic E-state index is 0.0517. The Labute approximate surface area is 256 Å². The highest BCUT2D eigenvalue weighted by Crippen LogP contribution is 2.43. The highest BCUT2D eigenvalue weighted by Gasteiger charge is 2.40. The summed E-state index contributed by atoms with van der Waals surface area (Å²) in [7, 11) is -2.51. The first-order valence-corrected chi connectivity index (χ1v) is 15.5. The molecule has 1 aliphatic heterocycles. The minimum atomic E-state index is -4.05. The van der Waals surface area contributed by atoms with Crippen molar-refractivity contribution in [3.8, 4) is 5.75 Å². The predicted octanol–water partition coefficient (Wildman–Crippen LogP) is 7.31. The Morgan fingerprint density at radius 3 is 2.18 bits per heavy atom. The van der Waals surface area contributed by atoms with Crippen molar-refractivity contribution in [2.75, 3.05) is 21.6 Å². The number of hydrogen-bond donors (Lipinski definition) is 1. The van der Waals surface area contributed by atoms with Crippen molar-refractivity contribution in [2.24, 2.45) is 0 Å². The zero-order valence-electron chi connectivity index (χ0n) is 24.1. The van der Waals surface area contributed by atoms with Gasteiger partial charge in [-0.15, -0.1) is 0 Å². The van der Waals surface area contributed by atoms with Gasteiger partial charge in [-0.25, -0.2) is 12.8 Å². The second-order valence-electron chi connectivity index (χ2n) is 10.6. The van der Waals surface area contributed by atoms with Crippen LogP contribution in [-0.4, -0.2) is 21.4 Å². The molecular weight excluding hydrogens is 577 g/mol. The molecule has 222 valence electrons. The van der Waals surface area contributed by atoms with Crippen molar-refractivity contribution in [2.45, 2.75) is 24.5 Å². The van der Waals surface area contributed by atoms with E-state index < -0.39 is 16.2 Å². The molecule has 0 radical (unpaired) electrons. The van der Waals surface area contributed by atoms with Gasteiger partial charge in [0.2, 0.25) is 0 Å². The summed E-state index contributed by atoms with van der Waals surface area (Å²) in [5.74, 6) is -0.159. The third-order valence-corrected chi connectivity index (χ3v) is 8.97. The number of nitrogens with zero attached hydrogens (tertiary/aromatic N) is 2. The van der Waals surface area contributed by atoms with Gasteiger partial charge in [0, 0.05) is 17.9 Å². The number of anilines is 3. The molecule has 0 unspecified atom stereocenters. The van der Waals surface area contributed by atoms with E-state index in [1.807, 2.05) is 66.4 Å². The summed E-state index contributed by atoms with van der Waals surface area (Å²) in [5.41, 5.74) is 4.51. The Kier molecular flexibility index (Phi) is 7.80. The summed E-state index contributed by atoms with van der Waals surface area (Å²) in [6, 6.07) is 34.6. The Hall–Kier alpha value is -5.15. The minimum Gasteiger partial charge on any atom is -0.497 e. The summed E-state index contributed by atoms with van der Waals surface area (Å²) in [5, 5.41) is 0. The van der Waals surface area contributed by atoms with Gasteiger partial charge < -0.3 is 9.64 Å². The maximum atomic E-state index is 14.5. The molecule has 7 nitrogen and oxygen atoms in total. The van der Waals surface area contributed by atoms with E-state index in [0.29, 0.717) is 34.9 Å². The van der Waals surface area contributed by atoms with Crippen molar-refractivity contribution in [3.63, 3.8) is 0 Å². The van der Waals surface area contributed by atoms with E-state index in [4.69, 9.17) is 4.74 Å². The number of halogens is 1. The van der Waals surface area contributed by atoms with Crippen molar-refractivity contribution >= 4 is 33.0 Å². The van der Waals surface area contributed by atoms with Crippen molar-refractivity contribution in [1.29, 1.82) is 0 Å². The molecule has 1 N–H and O–H groups in total. The zero-order valence-corrected chi connectivity index (χ0v) is 25.0. The molecule has 0 saturated carbocycles. The summed E-state index contributed by atoms with van der Waals surface area (Å²) >= 11 is 0. The summed E-state index contributed by atoms with van der Waals surface area (Å²) in [4.78, 5) is 18.1. The van der Waals surface area contributed by atoms with E-state index in [-0.39, 0.29) is 22.2 Å². The Morgan fingerprint density at radius 1 is 0.841 bits per heavy atom. The second-order valence-corrected chi connectivity index (χ2v) is 12.2. The fraction of sp³-hybridized carbons (Fsp3) is 0.114. The average molecular weight is 608 g/mol. The summed E-state index contributed by atoms with van der Waals surface area (Å²) < 4.78 is 48.8. The molecule has 44 heavy (non-hydrogen) atoms. The van der Waals surface area contributed by atoms with Gasteiger partial charge in [-0.05, 0) is 84.8 Å². The van der Waals surface area contributed by atoms with Gasteiger partial charge >= 0.3 is 0 Å². The van der Waals surface area contributed by atoms with Crippen molar-refractivity contribution < 1.29 is 22.3 Å². The number of carbonyl (C=O) groups excluding carboxylic acids is 1. The van der Waals surface area contributed by atoms with Crippen molar-refractivity contribution in [3.05, 3.63) is 149 Å². The van der Waals surface area contributed by atoms with Crippen LogP contribution in [0, 0.1) is 12.7 Å². The third-order valence-electron chi connectivity index (χ3n) is 7.60. The van der Waals surface area contributed by atoms with Crippen LogP contribution < -0.4 is 19.3 Å². The first-order valence-electron chi connectivity index (χ1n) is 14.0. The molecule has 0 aliphatic carbocycles. The van der Waals surface area contributed by atoms with Crippen LogP contribution in [0.5, 0.6) is 5.75 Å². The lowest BCUT2D eigenvalue weighted by atomic mass is 9.99. The maximum Gasteiger partial charge on any atom is 0.262 e. The second kappa shape index (κ2) is 11.9. The van der Waals surface area contributed by atoms with Gasteiger partial charge in [-0.2, -0.15) is 0 Å². The Morgan fingerprint density at radius 2 is 1.52 bits per heavy atom. The van der Waals surface area contributed by atoms with Crippen LogP contribution in [0.2, 0.25) is 0 Å². The number of sulfonamides is 1. The largest absolute Gasteiger partial charge is 0.497 e. The fourth-order valence-corrected chi connectivity index (χ4v) is 6.45. The molecule has 9 heteroatoms. The topological polar surface area (TPSA) is 78.9 Å². The SMILES string of the molecule is COc1ccc(NS(=O)(=O)c2ccc3c(c2)C(=O)N(c2ccc(C)cc2)[C@H](c2ccc(F)cc2)N3Cc2ccccc2)cc1. The first kappa shape index (κ1) is 28.9. The fourth-order valence-electron chi connectivity index (χ4n) is 5.37. The predicted molar refractivity (Wildman–Crippen MR) is 170 cm³/mol. The number of amides is 1. The van der Waals surface area contributed by atoms with E-state index in [1.165, 1.54) is 31.4 Å². The van der Waals surface area contributed by atoms with Gasteiger partial charge in [0.15, 0.2) is 0 Å². The van der Waals surface area contributed by atoms with E-state index >= 15 is 0 Å². The summed E-state index contributed by atoms with van der Waals surface area (Å²) in [6.45, 7) is 2.37. The number of rotatable bonds is 8. The number of aryl methyl sites for hydroxylation is 1. The Balaban J connectivity index is 1.50. The molecule has 1 aliphatic rings. The molecule has 0 spiro atoms. The van der Waals surface area contributed by atoms with Crippen LogP contribution in [0.4, 0.5) is 21.5 Å². The van der Waals surface area contributed by atoms with Crippen LogP contribution in [0.25, 0.3) is 0 Å². The quantitative estimate of drug-likeness (QED) is 0.200. The van der Waals surface area contributed by atoms with Gasteiger partial charge in [0.25, 0.3) is 15.9 Å². The van der Waals surface area contributed by atoms with Gasteiger partial charge in [-0.1, -0.05) is 60.2 Å². The van der Waals surface area contributed by atoms with Crippen LogP contribution in [0.3, 0.4) is 0 Å². The van der Waals surface area contributed by atoms with E-state index in [0.717, 1.165) is 11.1 Å². The summed E-state index contributed by atoms with van der Waals surface area (Å²) in [6.07, 6.45) is -0.640. The highest BCUT2D eigenvalue weighted by molar-refractivity contribution is 7.92. The number of hydrogen-bond acceptors (Lipinski definition) is 5. The Bertz CT molecular complexity index is 1900. The van der Waals surface area contributed by atoms with Crippen LogP contribution in [0.1, 0.15) is 33.2 Å². The monoisotopic (exact) mass is 607 g/mol. The lowest BCUT2D eigenvalue weighted by Crippen LogP contribution is -2.49. The van der Waals surface area contributed by atoms with Gasteiger partial charge in [-0.3, -0.25) is 14.4 Å². The molecule has 0 bridgehead atoms.